The van der Waals surface area contributed by atoms with Crippen LogP contribution in [-0.2, 0) is 6.42 Å². The zero-order valence-corrected chi connectivity index (χ0v) is 17.4. The lowest BCUT2D eigenvalue weighted by Crippen LogP contribution is -2.24. The van der Waals surface area contributed by atoms with Gasteiger partial charge in [-0.1, -0.05) is 54.6 Å². The van der Waals surface area contributed by atoms with Crippen LogP contribution in [0.2, 0.25) is 0 Å². The van der Waals surface area contributed by atoms with E-state index in [2.05, 4.69) is 34.5 Å². The Kier molecular flexibility index (Phi) is 4.82. The van der Waals surface area contributed by atoms with E-state index in [4.69, 9.17) is 9.84 Å². The summed E-state index contributed by atoms with van der Waals surface area (Å²) in [6.07, 6.45) is 5.32. The third-order valence-electron chi connectivity index (χ3n) is 5.72. The number of hydrogen-bond donors (Lipinski definition) is 0. The first-order valence-corrected chi connectivity index (χ1v) is 10.3. The van der Waals surface area contributed by atoms with E-state index < -0.39 is 0 Å². The lowest BCUT2D eigenvalue weighted by molar-refractivity contribution is 0.0950. The summed E-state index contributed by atoms with van der Waals surface area (Å²) in [5.41, 5.74) is 5.81. The van der Waals surface area contributed by atoms with Crippen molar-refractivity contribution in [2.75, 3.05) is 7.11 Å². The Bertz CT molecular complexity index is 1290. The van der Waals surface area contributed by atoms with Crippen LogP contribution in [0.5, 0.6) is 5.75 Å². The van der Waals surface area contributed by atoms with Crippen molar-refractivity contribution < 1.29 is 9.53 Å². The van der Waals surface area contributed by atoms with Crippen molar-refractivity contribution in [3.63, 3.8) is 0 Å². The van der Waals surface area contributed by atoms with E-state index in [9.17, 15) is 4.79 Å². The molecule has 2 aromatic heterocycles. The first kappa shape index (κ1) is 19.2. The molecular formula is C25H22N4O2. The van der Waals surface area contributed by atoms with Crippen molar-refractivity contribution in [2.24, 2.45) is 5.92 Å². The highest BCUT2D eigenvalue weighted by Crippen LogP contribution is 2.32. The van der Waals surface area contributed by atoms with E-state index >= 15 is 0 Å². The molecule has 0 saturated heterocycles. The quantitative estimate of drug-likeness (QED) is 0.493. The molecule has 0 bridgehead atoms. The van der Waals surface area contributed by atoms with E-state index in [1.165, 1.54) is 0 Å². The summed E-state index contributed by atoms with van der Waals surface area (Å²) in [6, 6.07) is 17.9. The zero-order valence-electron chi connectivity index (χ0n) is 17.4. The number of ether oxygens (including phenoxy) is 1. The fourth-order valence-corrected chi connectivity index (χ4v) is 4.15. The monoisotopic (exact) mass is 410 g/mol. The van der Waals surface area contributed by atoms with E-state index in [0.717, 1.165) is 33.8 Å². The molecule has 4 aromatic rings. The number of allylic oxidation sites excluding steroid dienone is 1. The van der Waals surface area contributed by atoms with Crippen LogP contribution in [0.1, 0.15) is 33.9 Å². The average molecular weight is 410 g/mol. The molecule has 0 aliphatic heterocycles. The lowest BCUT2D eigenvalue weighted by Gasteiger charge is -2.20. The molecule has 154 valence electrons. The number of methoxy groups -OCH3 is 1. The van der Waals surface area contributed by atoms with Gasteiger partial charge in [-0.25, -0.2) is 4.52 Å². The van der Waals surface area contributed by atoms with Gasteiger partial charge in [0.1, 0.15) is 5.75 Å². The predicted molar refractivity (Wildman–Crippen MR) is 119 cm³/mol. The summed E-state index contributed by atoms with van der Waals surface area (Å²) in [5.74, 6) is 0.902. The maximum absolute atomic E-state index is 12.8. The second-order valence-electron chi connectivity index (χ2n) is 7.78. The fraction of sp³-hybridized carbons (Fsp3) is 0.200. The number of rotatable bonds is 4. The molecule has 2 aromatic carbocycles. The number of aromatic nitrogens is 4. The van der Waals surface area contributed by atoms with Gasteiger partial charge in [0, 0.05) is 6.42 Å². The van der Waals surface area contributed by atoms with Crippen LogP contribution in [0, 0.1) is 12.8 Å². The maximum Gasteiger partial charge on any atom is 0.185 e. The maximum atomic E-state index is 12.8. The SMILES string of the molecule is COc1ccc(-c2c(C)nn3c4c(nnc23)C(=O)CC(/C=C/c2ccccc2)C4)cc1. The summed E-state index contributed by atoms with van der Waals surface area (Å²) >= 11 is 0. The molecule has 1 unspecified atom stereocenters. The Balaban J connectivity index is 1.55. The fourth-order valence-electron chi connectivity index (χ4n) is 4.15. The average Bonchev–Trinajstić information content (AvgIpc) is 3.15. The molecule has 31 heavy (non-hydrogen) atoms. The number of hydrogen-bond acceptors (Lipinski definition) is 5. The largest absolute Gasteiger partial charge is 0.497 e. The van der Waals surface area contributed by atoms with Crippen LogP contribution in [0.3, 0.4) is 0 Å². The van der Waals surface area contributed by atoms with E-state index in [1.807, 2.05) is 49.4 Å². The van der Waals surface area contributed by atoms with E-state index in [0.29, 0.717) is 24.2 Å². The summed E-state index contributed by atoms with van der Waals surface area (Å²) in [4.78, 5) is 12.8. The second-order valence-corrected chi connectivity index (χ2v) is 7.78. The van der Waals surface area contributed by atoms with Crippen LogP contribution in [0.15, 0.2) is 60.7 Å². The van der Waals surface area contributed by atoms with E-state index in [1.54, 1.807) is 11.6 Å². The second kappa shape index (κ2) is 7.80. The van der Waals surface area contributed by atoms with Gasteiger partial charge >= 0.3 is 0 Å². The third kappa shape index (κ3) is 3.50. The predicted octanol–water partition coefficient (Wildman–Crippen LogP) is 4.57. The van der Waals surface area contributed by atoms with Crippen LogP contribution in [0.25, 0.3) is 22.9 Å². The van der Waals surface area contributed by atoms with Gasteiger partial charge in [0.05, 0.1) is 24.1 Å². The molecule has 0 saturated carbocycles. The van der Waals surface area contributed by atoms with Crippen molar-refractivity contribution in [1.29, 1.82) is 0 Å². The molecule has 5 rings (SSSR count). The number of ketones is 1. The molecule has 0 radical (unpaired) electrons. The highest BCUT2D eigenvalue weighted by molar-refractivity contribution is 5.97. The summed E-state index contributed by atoms with van der Waals surface area (Å²) in [7, 11) is 1.65. The smallest absolute Gasteiger partial charge is 0.185 e. The van der Waals surface area contributed by atoms with Crippen LogP contribution >= 0.6 is 0 Å². The number of carbonyl (C=O) groups is 1. The van der Waals surface area contributed by atoms with Crippen LogP contribution in [-0.4, -0.2) is 32.7 Å². The third-order valence-corrected chi connectivity index (χ3v) is 5.72. The standard InChI is InChI=1S/C25H22N4O2/c1-16-23(19-10-12-20(31-2)13-11-19)25-27-26-24-21(29(25)28-16)14-18(15-22(24)30)9-8-17-6-4-3-5-7-17/h3-13,18H,14-15H2,1-2H3/b9-8+. The number of aryl methyl sites for hydroxylation is 1. The van der Waals surface area contributed by atoms with E-state index in [-0.39, 0.29) is 11.7 Å². The molecular weight excluding hydrogens is 388 g/mol. The first-order valence-electron chi connectivity index (χ1n) is 10.3. The Morgan fingerprint density at radius 2 is 1.81 bits per heavy atom. The minimum absolute atomic E-state index is 0.0116. The Morgan fingerprint density at radius 3 is 2.55 bits per heavy atom. The molecule has 6 heteroatoms. The molecule has 0 spiro atoms. The van der Waals surface area contributed by atoms with Gasteiger partial charge in [-0.3, -0.25) is 4.79 Å². The topological polar surface area (TPSA) is 69.4 Å². The molecule has 2 heterocycles. The van der Waals surface area contributed by atoms with Crippen LogP contribution < -0.4 is 4.74 Å². The molecule has 1 aliphatic rings. The van der Waals surface area contributed by atoms with Crippen molar-refractivity contribution in [1.82, 2.24) is 19.8 Å². The Morgan fingerprint density at radius 1 is 1.03 bits per heavy atom. The number of benzene rings is 2. The van der Waals surface area contributed by atoms with Crippen LogP contribution in [0.4, 0.5) is 0 Å². The summed E-state index contributed by atoms with van der Waals surface area (Å²) in [6.45, 7) is 1.96. The van der Waals surface area contributed by atoms with Gasteiger partial charge in [-0.05, 0) is 42.5 Å². The van der Waals surface area contributed by atoms with Crippen molar-refractivity contribution in [3.8, 4) is 16.9 Å². The van der Waals surface area contributed by atoms with Gasteiger partial charge < -0.3 is 4.74 Å². The van der Waals surface area contributed by atoms with Gasteiger partial charge in [-0.2, -0.15) is 5.10 Å². The molecule has 0 amide bonds. The zero-order chi connectivity index (χ0) is 21.4. The summed E-state index contributed by atoms with van der Waals surface area (Å²) < 4.78 is 7.07. The van der Waals surface area contributed by atoms with Crippen molar-refractivity contribution >= 4 is 17.5 Å². The van der Waals surface area contributed by atoms with Crippen molar-refractivity contribution in [2.45, 2.75) is 19.8 Å². The molecule has 0 N–H and O–H groups in total. The first-order chi connectivity index (χ1) is 15.1. The molecule has 1 aliphatic carbocycles. The molecule has 0 fully saturated rings. The lowest BCUT2D eigenvalue weighted by atomic mass is 9.88. The molecule has 1 atom stereocenters. The highest BCUT2D eigenvalue weighted by Gasteiger charge is 2.29. The highest BCUT2D eigenvalue weighted by atomic mass is 16.5. The number of carbonyl (C=O) groups excluding carboxylic acids is 1. The summed E-state index contributed by atoms with van der Waals surface area (Å²) in [5, 5.41) is 13.4. The van der Waals surface area contributed by atoms with Gasteiger partial charge in [-0.15, -0.1) is 10.2 Å². The minimum atomic E-state index is 0.0116. The number of fused-ring (bicyclic) bond motifs is 3. The number of nitrogens with zero attached hydrogens (tertiary/aromatic N) is 4. The van der Waals surface area contributed by atoms with Gasteiger partial charge in [0.25, 0.3) is 0 Å². The van der Waals surface area contributed by atoms with Gasteiger partial charge in [0.15, 0.2) is 17.1 Å². The minimum Gasteiger partial charge on any atom is -0.497 e. The van der Waals surface area contributed by atoms with Crippen molar-refractivity contribution in [3.05, 3.63) is 83.3 Å². The normalized spacial score (nSPS) is 16.1. The van der Waals surface area contributed by atoms with Gasteiger partial charge in [0.2, 0.25) is 0 Å². The Labute approximate surface area is 180 Å². The number of Topliss-reactive ketones (excluding diaryl/α,β-unsaturated/α-hetero) is 1. The Hall–Kier alpha value is -3.80. The molecule has 6 nitrogen and oxygen atoms in total.